The molecule has 2 aliphatic rings. The standard InChI is InChI=1S/C11H19N3O2/c15-10-8-13-11(16)14(10)7-6-12-9-4-2-1-3-5-9/h9,12H,1-8H2,(H,13,16). The molecule has 90 valence electrons. The van der Waals surface area contributed by atoms with Gasteiger partial charge in [-0.15, -0.1) is 0 Å². The Balaban J connectivity index is 1.67. The number of carbonyl (C=O) groups is 2. The molecule has 2 N–H and O–H groups in total. The van der Waals surface area contributed by atoms with Crippen LogP contribution in [0.15, 0.2) is 0 Å². The monoisotopic (exact) mass is 225 g/mol. The smallest absolute Gasteiger partial charge is 0.324 e. The number of hydrogen-bond acceptors (Lipinski definition) is 3. The highest BCUT2D eigenvalue weighted by Crippen LogP contribution is 2.17. The zero-order chi connectivity index (χ0) is 11.4. The maximum atomic E-state index is 11.3. The predicted molar refractivity (Wildman–Crippen MR) is 60.0 cm³/mol. The number of hydrogen-bond donors (Lipinski definition) is 2. The van der Waals surface area contributed by atoms with E-state index in [2.05, 4.69) is 10.6 Å². The van der Waals surface area contributed by atoms with Crippen LogP contribution in [-0.4, -0.2) is 42.5 Å². The van der Waals surface area contributed by atoms with Gasteiger partial charge < -0.3 is 10.6 Å². The summed E-state index contributed by atoms with van der Waals surface area (Å²) in [5.41, 5.74) is 0. The van der Waals surface area contributed by atoms with Gasteiger partial charge in [-0.05, 0) is 12.8 Å². The van der Waals surface area contributed by atoms with E-state index in [1.807, 2.05) is 0 Å². The molecular weight excluding hydrogens is 206 g/mol. The van der Waals surface area contributed by atoms with Gasteiger partial charge in [-0.25, -0.2) is 4.79 Å². The van der Waals surface area contributed by atoms with Gasteiger partial charge in [-0.1, -0.05) is 19.3 Å². The number of carbonyl (C=O) groups excluding carboxylic acids is 2. The molecule has 5 heteroatoms. The van der Waals surface area contributed by atoms with Gasteiger partial charge in [0.15, 0.2) is 0 Å². The fourth-order valence-corrected chi connectivity index (χ4v) is 2.37. The van der Waals surface area contributed by atoms with E-state index in [0.29, 0.717) is 19.1 Å². The molecule has 1 saturated carbocycles. The minimum atomic E-state index is -0.254. The minimum Gasteiger partial charge on any atom is -0.329 e. The van der Waals surface area contributed by atoms with Gasteiger partial charge in [0.2, 0.25) is 5.91 Å². The van der Waals surface area contributed by atoms with Crippen LogP contribution in [0.5, 0.6) is 0 Å². The quantitative estimate of drug-likeness (QED) is 0.683. The van der Waals surface area contributed by atoms with Crippen molar-refractivity contribution in [1.82, 2.24) is 15.5 Å². The van der Waals surface area contributed by atoms with Crippen molar-refractivity contribution < 1.29 is 9.59 Å². The number of imide groups is 1. The molecule has 5 nitrogen and oxygen atoms in total. The van der Waals surface area contributed by atoms with E-state index in [9.17, 15) is 9.59 Å². The summed E-state index contributed by atoms with van der Waals surface area (Å²) in [6.07, 6.45) is 6.37. The highest BCUT2D eigenvalue weighted by atomic mass is 16.2. The summed E-state index contributed by atoms with van der Waals surface area (Å²) < 4.78 is 0. The zero-order valence-electron chi connectivity index (χ0n) is 9.50. The second-order valence-electron chi connectivity index (χ2n) is 4.49. The van der Waals surface area contributed by atoms with Crippen molar-refractivity contribution in [2.45, 2.75) is 38.1 Å². The Bertz CT molecular complexity index is 258. The molecule has 2 rings (SSSR count). The van der Waals surface area contributed by atoms with Crippen molar-refractivity contribution in [1.29, 1.82) is 0 Å². The van der Waals surface area contributed by atoms with Gasteiger partial charge in [0.05, 0.1) is 6.54 Å². The van der Waals surface area contributed by atoms with Crippen LogP contribution in [-0.2, 0) is 4.79 Å². The highest BCUT2D eigenvalue weighted by Gasteiger charge is 2.27. The fraction of sp³-hybridized carbons (Fsp3) is 0.818. The molecule has 1 aliphatic carbocycles. The maximum absolute atomic E-state index is 11.3. The van der Waals surface area contributed by atoms with Crippen LogP contribution in [0.2, 0.25) is 0 Å². The first-order valence-electron chi connectivity index (χ1n) is 6.09. The SMILES string of the molecule is O=C1CNC(=O)N1CCNC1CCCCC1. The number of rotatable bonds is 4. The first kappa shape index (κ1) is 11.4. The largest absolute Gasteiger partial charge is 0.329 e. The summed E-state index contributed by atoms with van der Waals surface area (Å²) in [5.74, 6) is -0.115. The van der Waals surface area contributed by atoms with Crippen LogP contribution in [0.25, 0.3) is 0 Å². The highest BCUT2D eigenvalue weighted by molar-refractivity contribution is 6.01. The number of nitrogens with one attached hydrogen (secondary N) is 2. The van der Waals surface area contributed by atoms with Crippen molar-refractivity contribution in [2.24, 2.45) is 0 Å². The van der Waals surface area contributed by atoms with Gasteiger partial charge in [0.25, 0.3) is 0 Å². The molecule has 1 saturated heterocycles. The van der Waals surface area contributed by atoms with Gasteiger partial charge in [0, 0.05) is 19.1 Å². The van der Waals surface area contributed by atoms with E-state index < -0.39 is 0 Å². The zero-order valence-corrected chi connectivity index (χ0v) is 9.50. The Morgan fingerprint density at radius 2 is 2.00 bits per heavy atom. The number of amides is 3. The Morgan fingerprint density at radius 3 is 2.62 bits per heavy atom. The number of urea groups is 1. The average molecular weight is 225 g/mol. The van der Waals surface area contributed by atoms with E-state index in [0.717, 1.165) is 0 Å². The summed E-state index contributed by atoms with van der Waals surface area (Å²) in [7, 11) is 0. The Hall–Kier alpha value is -1.10. The Morgan fingerprint density at radius 1 is 1.25 bits per heavy atom. The second-order valence-corrected chi connectivity index (χ2v) is 4.49. The van der Waals surface area contributed by atoms with E-state index in [1.165, 1.54) is 37.0 Å². The Kier molecular flexibility index (Phi) is 3.77. The summed E-state index contributed by atoms with van der Waals surface area (Å²) in [6.45, 7) is 1.35. The summed E-state index contributed by atoms with van der Waals surface area (Å²) >= 11 is 0. The molecule has 16 heavy (non-hydrogen) atoms. The molecule has 0 spiro atoms. The summed E-state index contributed by atoms with van der Waals surface area (Å²) in [5, 5.41) is 5.93. The Labute approximate surface area is 95.6 Å². The van der Waals surface area contributed by atoms with E-state index >= 15 is 0 Å². The molecule has 3 amide bonds. The van der Waals surface area contributed by atoms with Gasteiger partial charge in [-0.3, -0.25) is 9.69 Å². The molecule has 1 aliphatic heterocycles. The van der Waals surface area contributed by atoms with Crippen molar-refractivity contribution >= 4 is 11.9 Å². The third kappa shape index (κ3) is 2.72. The first-order valence-corrected chi connectivity index (χ1v) is 6.09. The third-order valence-corrected chi connectivity index (χ3v) is 3.31. The van der Waals surface area contributed by atoms with Crippen LogP contribution in [0.4, 0.5) is 4.79 Å². The van der Waals surface area contributed by atoms with E-state index in [-0.39, 0.29) is 18.5 Å². The molecule has 0 aromatic carbocycles. The lowest BCUT2D eigenvalue weighted by molar-refractivity contribution is -0.124. The lowest BCUT2D eigenvalue weighted by atomic mass is 9.95. The van der Waals surface area contributed by atoms with Gasteiger partial charge >= 0.3 is 6.03 Å². The molecule has 2 fully saturated rings. The van der Waals surface area contributed by atoms with Gasteiger partial charge in [-0.2, -0.15) is 0 Å². The minimum absolute atomic E-state index is 0.115. The average Bonchev–Trinajstić information content (AvgIpc) is 2.62. The number of nitrogens with zero attached hydrogens (tertiary/aromatic N) is 1. The van der Waals surface area contributed by atoms with Gasteiger partial charge in [0.1, 0.15) is 0 Å². The molecular formula is C11H19N3O2. The van der Waals surface area contributed by atoms with Crippen molar-refractivity contribution in [3.63, 3.8) is 0 Å². The van der Waals surface area contributed by atoms with Crippen LogP contribution in [0.3, 0.4) is 0 Å². The maximum Gasteiger partial charge on any atom is 0.324 e. The van der Waals surface area contributed by atoms with Crippen LogP contribution in [0.1, 0.15) is 32.1 Å². The van der Waals surface area contributed by atoms with E-state index in [4.69, 9.17) is 0 Å². The molecule has 0 radical (unpaired) electrons. The normalized spacial score (nSPS) is 22.6. The van der Waals surface area contributed by atoms with Crippen LogP contribution in [0, 0.1) is 0 Å². The van der Waals surface area contributed by atoms with Crippen molar-refractivity contribution in [2.75, 3.05) is 19.6 Å². The summed E-state index contributed by atoms with van der Waals surface area (Å²) in [6, 6.07) is 0.324. The lowest BCUT2D eigenvalue weighted by Gasteiger charge is -2.23. The summed E-state index contributed by atoms with van der Waals surface area (Å²) in [4.78, 5) is 23.8. The molecule has 0 bridgehead atoms. The molecule has 1 heterocycles. The molecule has 0 atom stereocenters. The third-order valence-electron chi connectivity index (χ3n) is 3.31. The van der Waals surface area contributed by atoms with Crippen molar-refractivity contribution in [3.8, 4) is 0 Å². The van der Waals surface area contributed by atoms with Crippen LogP contribution >= 0.6 is 0 Å². The topological polar surface area (TPSA) is 61.4 Å². The predicted octanol–water partition coefficient (Wildman–Crippen LogP) is 0.460. The van der Waals surface area contributed by atoms with E-state index in [1.54, 1.807) is 0 Å². The lowest BCUT2D eigenvalue weighted by Crippen LogP contribution is -2.40. The first-order chi connectivity index (χ1) is 7.77. The molecule has 0 aromatic rings. The molecule has 0 unspecified atom stereocenters. The second kappa shape index (κ2) is 5.30. The van der Waals surface area contributed by atoms with Crippen molar-refractivity contribution in [3.05, 3.63) is 0 Å². The molecule has 0 aromatic heterocycles. The van der Waals surface area contributed by atoms with Crippen LogP contribution < -0.4 is 10.6 Å². The fourth-order valence-electron chi connectivity index (χ4n) is 2.37.